The van der Waals surface area contributed by atoms with Crippen molar-refractivity contribution in [3.8, 4) is 22.6 Å². The van der Waals surface area contributed by atoms with Crippen LogP contribution in [0.2, 0.25) is 0 Å². The molecule has 0 aliphatic rings. The molecule has 0 aliphatic carbocycles. The molecule has 3 aromatic rings. The lowest BCUT2D eigenvalue weighted by Gasteiger charge is -2.15. The van der Waals surface area contributed by atoms with Gasteiger partial charge in [0.15, 0.2) is 0 Å². The van der Waals surface area contributed by atoms with Crippen LogP contribution >= 0.6 is 0 Å². The summed E-state index contributed by atoms with van der Waals surface area (Å²) in [5, 5.41) is 2.91. The Hall–Kier alpha value is -3.31. The second kappa shape index (κ2) is 10.5. The first kappa shape index (κ1) is 21.4. The third-order valence-electron chi connectivity index (χ3n) is 4.69. The van der Waals surface area contributed by atoms with E-state index in [2.05, 4.69) is 17.4 Å². The van der Waals surface area contributed by atoms with Crippen LogP contribution in [0.4, 0.5) is 0 Å². The minimum Gasteiger partial charge on any atom is -0.496 e. The highest BCUT2D eigenvalue weighted by Gasteiger charge is 2.13. The van der Waals surface area contributed by atoms with E-state index in [1.165, 1.54) is 0 Å². The maximum atomic E-state index is 12.5. The Balaban J connectivity index is 1.68. The topological polar surface area (TPSA) is 56.8 Å². The van der Waals surface area contributed by atoms with E-state index in [1.54, 1.807) is 32.4 Å². The number of amides is 1. The van der Waals surface area contributed by atoms with E-state index in [9.17, 15) is 4.79 Å². The third-order valence-corrected chi connectivity index (χ3v) is 4.69. The molecule has 0 radical (unpaired) electrons. The van der Waals surface area contributed by atoms with Crippen LogP contribution in [0.15, 0.2) is 72.8 Å². The summed E-state index contributed by atoms with van der Waals surface area (Å²) < 4.78 is 16.5. The SMILES string of the molecule is COC[C@@H](C)NC(=O)c1ccc(OC)c(COc2ccc(-c3ccccc3)cc2)c1. The lowest BCUT2D eigenvalue weighted by Crippen LogP contribution is -2.35. The molecule has 3 aromatic carbocycles. The Bertz CT molecular complexity index is 955. The van der Waals surface area contributed by atoms with Crippen LogP contribution < -0.4 is 14.8 Å². The molecule has 0 heterocycles. The average Bonchev–Trinajstić information content (AvgIpc) is 2.78. The Morgan fingerprint density at radius 1 is 0.933 bits per heavy atom. The summed E-state index contributed by atoms with van der Waals surface area (Å²) in [4.78, 5) is 12.5. The van der Waals surface area contributed by atoms with Crippen molar-refractivity contribution in [1.29, 1.82) is 0 Å². The minimum absolute atomic E-state index is 0.0765. The smallest absolute Gasteiger partial charge is 0.251 e. The fourth-order valence-electron chi connectivity index (χ4n) is 3.17. The van der Waals surface area contributed by atoms with E-state index in [0.717, 1.165) is 22.4 Å². The molecule has 0 fully saturated rings. The van der Waals surface area contributed by atoms with Crippen molar-refractivity contribution in [3.05, 3.63) is 83.9 Å². The molecular weight excluding hydrogens is 378 g/mol. The number of methoxy groups -OCH3 is 2. The van der Waals surface area contributed by atoms with Crippen LogP contribution in [-0.4, -0.2) is 32.8 Å². The summed E-state index contributed by atoms with van der Waals surface area (Å²) in [6.07, 6.45) is 0. The molecule has 5 nitrogen and oxygen atoms in total. The van der Waals surface area contributed by atoms with Crippen molar-refractivity contribution in [2.24, 2.45) is 0 Å². The van der Waals surface area contributed by atoms with Crippen molar-refractivity contribution in [3.63, 3.8) is 0 Å². The van der Waals surface area contributed by atoms with Crippen LogP contribution in [0, 0.1) is 0 Å². The summed E-state index contributed by atoms with van der Waals surface area (Å²) in [6.45, 7) is 2.65. The van der Waals surface area contributed by atoms with Gasteiger partial charge < -0.3 is 19.5 Å². The van der Waals surface area contributed by atoms with Gasteiger partial charge in [0.25, 0.3) is 5.91 Å². The Kier molecular flexibility index (Phi) is 7.46. The van der Waals surface area contributed by atoms with E-state index in [4.69, 9.17) is 14.2 Å². The average molecular weight is 405 g/mol. The molecule has 0 unspecified atom stereocenters. The molecule has 1 N–H and O–H groups in total. The van der Waals surface area contributed by atoms with Crippen LogP contribution in [0.5, 0.6) is 11.5 Å². The Labute approximate surface area is 177 Å². The van der Waals surface area contributed by atoms with Gasteiger partial charge in [0.1, 0.15) is 18.1 Å². The highest BCUT2D eigenvalue weighted by atomic mass is 16.5. The maximum Gasteiger partial charge on any atom is 0.251 e. The van der Waals surface area contributed by atoms with Crippen LogP contribution in [-0.2, 0) is 11.3 Å². The van der Waals surface area contributed by atoms with Gasteiger partial charge in [-0.3, -0.25) is 4.79 Å². The molecule has 1 atom stereocenters. The van der Waals surface area contributed by atoms with E-state index in [1.807, 2.05) is 49.4 Å². The van der Waals surface area contributed by atoms with E-state index < -0.39 is 0 Å². The monoisotopic (exact) mass is 405 g/mol. The largest absolute Gasteiger partial charge is 0.496 e. The molecule has 0 aromatic heterocycles. The van der Waals surface area contributed by atoms with Crippen LogP contribution in [0.1, 0.15) is 22.8 Å². The zero-order valence-electron chi connectivity index (χ0n) is 17.6. The summed E-state index contributed by atoms with van der Waals surface area (Å²) in [7, 11) is 3.21. The van der Waals surface area contributed by atoms with E-state index in [0.29, 0.717) is 24.5 Å². The first-order valence-electron chi connectivity index (χ1n) is 9.85. The Morgan fingerprint density at radius 2 is 1.63 bits per heavy atom. The van der Waals surface area contributed by atoms with Crippen molar-refractivity contribution in [2.45, 2.75) is 19.6 Å². The quantitative estimate of drug-likeness (QED) is 0.560. The molecular formula is C25H27NO4. The van der Waals surface area contributed by atoms with Crippen LogP contribution in [0.3, 0.4) is 0 Å². The first-order chi connectivity index (χ1) is 14.6. The highest BCUT2D eigenvalue weighted by Crippen LogP contribution is 2.25. The van der Waals surface area contributed by atoms with Gasteiger partial charge in [0, 0.05) is 24.3 Å². The lowest BCUT2D eigenvalue weighted by molar-refractivity contribution is 0.0905. The predicted molar refractivity (Wildman–Crippen MR) is 118 cm³/mol. The molecule has 0 saturated carbocycles. The number of benzene rings is 3. The van der Waals surface area contributed by atoms with Gasteiger partial charge in [-0.25, -0.2) is 0 Å². The Morgan fingerprint density at radius 3 is 2.30 bits per heavy atom. The van der Waals surface area contributed by atoms with Gasteiger partial charge in [0.05, 0.1) is 13.7 Å². The lowest BCUT2D eigenvalue weighted by atomic mass is 10.1. The normalized spacial score (nSPS) is 11.6. The number of carbonyl (C=O) groups excluding carboxylic acids is 1. The highest BCUT2D eigenvalue weighted by molar-refractivity contribution is 5.94. The minimum atomic E-state index is -0.157. The van der Waals surface area contributed by atoms with Gasteiger partial charge in [-0.1, -0.05) is 42.5 Å². The van der Waals surface area contributed by atoms with Gasteiger partial charge in [-0.2, -0.15) is 0 Å². The summed E-state index contributed by atoms with van der Waals surface area (Å²) in [5.41, 5.74) is 3.64. The van der Waals surface area contributed by atoms with Gasteiger partial charge in [0.2, 0.25) is 0 Å². The molecule has 156 valence electrons. The zero-order valence-corrected chi connectivity index (χ0v) is 17.6. The second-order valence-corrected chi connectivity index (χ2v) is 7.04. The molecule has 0 spiro atoms. The van der Waals surface area contributed by atoms with E-state index in [-0.39, 0.29) is 11.9 Å². The zero-order chi connectivity index (χ0) is 21.3. The standard InChI is InChI=1S/C25H27NO4/c1-18(16-28-2)26-25(27)21-11-14-24(29-3)22(15-21)17-30-23-12-9-20(10-13-23)19-7-5-4-6-8-19/h4-15,18H,16-17H2,1-3H3,(H,26,27)/t18-/m1/s1. The molecule has 0 saturated heterocycles. The maximum absolute atomic E-state index is 12.5. The molecule has 1 amide bonds. The summed E-state index contributed by atoms with van der Waals surface area (Å²) in [5.74, 6) is 1.27. The molecule has 0 aliphatic heterocycles. The van der Waals surface area contributed by atoms with Crippen LogP contribution in [0.25, 0.3) is 11.1 Å². The summed E-state index contributed by atoms with van der Waals surface area (Å²) in [6, 6.07) is 23.4. The number of hydrogen-bond donors (Lipinski definition) is 1. The molecule has 30 heavy (non-hydrogen) atoms. The number of ether oxygens (including phenoxy) is 3. The molecule has 5 heteroatoms. The number of carbonyl (C=O) groups is 1. The molecule has 0 bridgehead atoms. The number of nitrogens with one attached hydrogen (secondary N) is 1. The van der Waals surface area contributed by atoms with E-state index >= 15 is 0 Å². The van der Waals surface area contributed by atoms with Gasteiger partial charge in [-0.15, -0.1) is 0 Å². The van der Waals surface area contributed by atoms with Crippen molar-refractivity contribution >= 4 is 5.91 Å². The van der Waals surface area contributed by atoms with Crippen molar-refractivity contribution in [2.75, 3.05) is 20.8 Å². The van der Waals surface area contributed by atoms with Crippen molar-refractivity contribution in [1.82, 2.24) is 5.32 Å². The van der Waals surface area contributed by atoms with Gasteiger partial charge >= 0.3 is 0 Å². The van der Waals surface area contributed by atoms with Crippen molar-refractivity contribution < 1.29 is 19.0 Å². The number of rotatable bonds is 9. The fraction of sp³-hybridized carbons (Fsp3) is 0.240. The molecule has 3 rings (SSSR count). The first-order valence-corrected chi connectivity index (χ1v) is 9.85. The number of hydrogen-bond acceptors (Lipinski definition) is 4. The third kappa shape index (κ3) is 5.61. The predicted octanol–water partition coefficient (Wildman–Crippen LogP) is 4.71. The second-order valence-electron chi connectivity index (χ2n) is 7.04. The fourth-order valence-corrected chi connectivity index (χ4v) is 3.17. The summed E-state index contributed by atoms with van der Waals surface area (Å²) >= 11 is 0. The van der Waals surface area contributed by atoms with Gasteiger partial charge in [-0.05, 0) is 48.4 Å².